The summed E-state index contributed by atoms with van der Waals surface area (Å²) in [5, 5.41) is 4.46. The van der Waals surface area contributed by atoms with Gasteiger partial charge in [-0.15, -0.1) is 0 Å². The highest BCUT2D eigenvalue weighted by Crippen LogP contribution is 2.39. The van der Waals surface area contributed by atoms with Crippen molar-refractivity contribution in [2.45, 2.75) is 52.0 Å². The Kier molecular flexibility index (Phi) is 3.32. The number of fused-ring (bicyclic) bond motifs is 1. The molecular weight excluding hydrogens is 230 g/mol. The summed E-state index contributed by atoms with van der Waals surface area (Å²) in [4.78, 5) is 11.5. The minimum atomic E-state index is -0.290. The van der Waals surface area contributed by atoms with Crippen LogP contribution < -0.4 is 5.73 Å². The van der Waals surface area contributed by atoms with Gasteiger partial charge in [-0.3, -0.25) is 4.79 Å². The number of ether oxygens (including phenoxy) is 1. The topological polar surface area (TPSA) is 70.1 Å². The molecule has 0 amide bonds. The number of nitrogens with two attached hydrogens (primary N) is 1. The maximum absolute atomic E-state index is 11.5. The van der Waals surface area contributed by atoms with Crippen LogP contribution in [0.4, 0.5) is 5.82 Å². The van der Waals surface area contributed by atoms with E-state index in [1.165, 1.54) is 0 Å². The zero-order valence-electron chi connectivity index (χ0n) is 11.3. The van der Waals surface area contributed by atoms with Crippen molar-refractivity contribution in [1.82, 2.24) is 9.78 Å². The molecule has 0 unspecified atom stereocenters. The van der Waals surface area contributed by atoms with Gasteiger partial charge < -0.3 is 10.5 Å². The number of esters is 1. The predicted molar refractivity (Wildman–Crippen MR) is 69.2 cm³/mol. The molecule has 100 valence electrons. The van der Waals surface area contributed by atoms with Gasteiger partial charge in [0, 0.05) is 5.56 Å². The molecule has 1 aromatic heterocycles. The highest BCUT2D eigenvalue weighted by atomic mass is 16.5. The van der Waals surface area contributed by atoms with Crippen LogP contribution in [0, 0.1) is 0 Å². The molecule has 1 aliphatic rings. The van der Waals surface area contributed by atoms with Gasteiger partial charge in [-0.25, -0.2) is 4.68 Å². The Morgan fingerprint density at radius 1 is 1.56 bits per heavy atom. The number of nitrogens with zero attached hydrogens (tertiary/aromatic N) is 2. The number of carbonyl (C=O) groups is 1. The van der Waals surface area contributed by atoms with Crippen LogP contribution in [-0.2, 0) is 27.9 Å². The molecule has 0 saturated carbocycles. The van der Waals surface area contributed by atoms with Gasteiger partial charge in [-0.05, 0) is 31.6 Å². The Hall–Kier alpha value is -1.52. The fourth-order valence-corrected chi connectivity index (χ4v) is 2.71. The third-order valence-electron chi connectivity index (χ3n) is 3.54. The minimum absolute atomic E-state index is 0.0462. The third-order valence-corrected chi connectivity index (χ3v) is 3.54. The molecule has 0 spiro atoms. The summed E-state index contributed by atoms with van der Waals surface area (Å²) in [5.41, 5.74) is 8.33. The fraction of sp³-hybridized carbons (Fsp3) is 0.692. The number of anilines is 1. The smallest absolute Gasteiger partial charge is 0.327 e. The van der Waals surface area contributed by atoms with Crippen molar-refractivity contribution >= 4 is 11.8 Å². The Bertz CT molecular complexity index is 463. The predicted octanol–water partition coefficient (Wildman–Crippen LogP) is 1.64. The van der Waals surface area contributed by atoms with Crippen LogP contribution in [0.3, 0.4) is 0 Å². The van der Waals surface area contributed by atoms with E-state index in [1.807, 2.05) is 0 Å². The monoisotopic (exact) mass is 251 g/mol. The van der Waals surface area contributed by atoms with Gasteiger partial charge in [0.25, 0.3) is 0 Å². The molecule has 0 radical (unpaired) electrons. The molecule has 0 aliphatic heterocycles. The summed E-state index contributed by atoms with van der Waals surface area (Å²) in [6, 6.07) is 0. The van der Waals surface area contributed by atoms with Crippen LogP contribution in [0.15, 0.2) is 0 Å². The first-order chi connectivity index (χ1) is 8.45. The van der Waals surface area contributed by atoms with Crippen molar-refractivity contribution in [2.75, 3.05) is 12.3 Å². The molecule has 5 nitrogen and oxygen atoms in total. The molecule has 0 fully saturated rings. The number of aromatic nitrogens is 2. The highest BCUT2D eigenvalue weighted by Gasteiger charge is 2.33. The van der Waals surface area contributed by atoms with Gasteiger partial charge >= 0.3 is 5.97 Å². The maximum atomic E-state index is 11.5. The second-order valence-corrected chi connectivity index (χ2v) is 5.41. The molecule has 0 bridgehead atoms. The van der Waals surface area contributed by atoms with E-state index in [4.69, 9.17) is 10.5 Å². The van der Waals surface area contributed by atoms with Crippen LogP contribution in [0.2, 0.25) is 0 Å². The molecule has 1 aromatic rings. The summed E-state index contributed by atoms with van der Waals surface area (Å²) in [6.45, 7) is 6.63. The van der Waals surface area contributed by atoms with Crippen LogP contribution in [0.5, 0.6) is 0 Å². The number of nitrogen functional groups attached to an aromatic ring is 1. The van der Waals surface area contributed by atoms with Gasteiger partial charge in [0.2, 0.25) is 0 Å². The second-order valence-electron chi connectivity index (χ2n) is 5.41. The van der Waals surface area contributed by atoms with Crippen LogP contribution in [0.25, 0.3) is 0 Å². The standard InChI is InChI=1S/C13H21N3O2/c1-4-18-10(17)8-16-12(14)11-9(15-16)6-5-7-13(11,2)3/h4-8,14H2,1-3H3. The summed E-state index contributed by atoms with van der Waals surface area (Å²) in [7, 11) is 0. The lowest BCUT2D eigenvalue weighted by Gasteiger charge is -2.29. The zero-order valence-corrected chi connectivity index (χ0v) is 11.3. The van der Waals surface area contributed by atoms with E-state index in [-0.39, 0.29) is 17.9 Å². The number of rotatable bonds is 3. The average molecular weight is 251 g/mol. The summed E-state index contributed by atoms with van der Waals surface area (Å²) in [5.74, 6) is 0.324. The maximum Gasteiger partial charge on any atom is 0.327 e. The molecule has 0 atom stereocenters. The summed E-state index contributed by atoms with van der Waals surface area (Å²) < 4.78 is 6.51. The third kappa shape index (κ3) is 2.21. The Balaban J connectivity index is 2.30. The van der Waals surface area contributed by atoms with E-state index in [0.717, 1.165) is 30.5 Å². The lowest BCUT2D eigenvalue weighted by atomic mass is 9.75. The average Bonchev–Trinajstić information content (AvgIpc) is 2.56. The van der Waals surface area contributed by atoms with E-state index in [9.17, 15) is 4.79 Å². The van der Waals surface area contributed by atoms with Gasteiger partial charge in [0.05, 0.1) is 12.3 Å². The van der Waals surface area contributed by atoms with Crippen molar-refractivity contribution in [3.05, 3.63) is 11.3 Å². The first-order valence-corrected chi connectivity index (χ1v) is 6.47. The van der Waals surface area contributed by atoms with Crippen molar-refractivity contribution in [3.8, 4) is 0 Å². The molecule has 2 N–H and O–H groups in total. The molecule has 1 heterocycles. The van der Waals surface area contributed by atoms with E-state index >= 15 is 0 Å². The molecule has 0 aromatic carbocycles. The second kappa shape index (κ2) is 4.63. The Labute approximate surface area is 107 Å². The first kappa shape index (κ1) is 12.9. The molecule has 18 heavy (non-hydrogen) atoms. The number of aryl methyl sites for hydroxylation is 1. The van der Waals surface area contributed by atoms with E-state index in [0.29, 0.717) is 12.4 Å². The number of hydrogen-bond donors (Lipinski definition) is 1. The van der Waals surface area contributed by atoms with Crippen molar-refractivity contribution in [1.29, 1.82) is 0 Å². The molecule has 0 saturated heterocycles. The largest absolute Gasteiger partial charge is 0.465 e. The van der Waals surface area contributed by atoms with E-state index in [2.05, 4.69) is 18.9 Å². The first-order valence-electron chi connectivity index (χ1n) is 6.47. The van der Waals surface area contributed by atoms with Gasteiger partial charge in [-0.1, -0.05) is 13.8 Å². The van der Waals surface area contributed by atoms with Crippen LogP contribution in [-0.4, -0.2) is 22.4 Å². The Morgan fingerprint density at radius 3 is 2.89 bits per heavy atom. The van der Waals surface area contributed by atoms with Gasteiger partial charge in [-0.2, -0.15) is 5.10 Å². The molecular formula is C13H21N3O2. The lowest BCUT2D eigenvalue weighted by Crippen LogP contribution is -2.24. The Morgan fingerprint density at radius 2 is 2.28 bits per heavy atom. The molecule has 1 aliphatic carbocycles. The van der Waals surface area contributed by atoms with Crippen molar-refractivity contribution < 1.29 is 9.53 Å². The SMILES string of the molecule is CCOC(=O)Cn1nc2c(c1N)C(C)(C)CCC2. The van der Waals surface area contributed by atoms with Crippen LogP contribution >= 0.6 is 0 Å². The number of carbonyl (C=O) groups excluding carboxylic acids is 1. The minimum Gasteiger partial charge on any atom is -0.465 e. The zero-order chi connectivity index (χ0) is 13.3. The van der Waals surface area contributed by atoms with Gasteiger partial charge in [0.1, 0.15) is 12.4 Å². The normalized spacial score (nSPS) is 17.3. The molecule has 5 heteroatoms. The van der Waals surface area contributed by atoms with Crippen molar-refractivity contribution in [2.24, 2.45) is 0 Å². The van der Waals surface area contributed by atoms with Crippen molar-refractivity contribution in [3.63, 3.8) is 0 Å². The summed E-state index contributed by atoms with van der Waals surface area (Å²) >= 11 is 0. The van der Waals surface area contributed by atoms with E-state index in [1.54, 1.807) is 11.6 Å². The lowest BCUT2D eigenvalue weighted by molar-refractivity contribution is -0.144. The molecule has 2 rings (SSSR count). The van der Waals surface area contributed by atoms with Crippen LogP contribution in [0.1, 0.15) is 44.9 Å². The summed E-state index contributed by atoms with van der Waals surface area (Å²) in [6.07, 6.45) is 3.17. The number of hydrogen-bond acceptors (Lipinski definition) is 4. The fourth-order valence-electron chi connectivity index (χ4n) is 2.71. The van der Waals surface area contributed by atoms with E-state index < -0.39 is 0 Å². The highest BCUT2D eigenvalue weighted by molar-refractivity contribution is 5.70. The quantitative estimate of drug-likeness (QED) is 0.829. The van der Waals surface area contributed by atoms with Gasteiger partial charge in [0.15, 0.2) is 0 Å².